The van der Waals surface area contributed by atoms with Crippen LogP contribution in [0.4, 0.5) is 0 Å². The SMILES string of the molecule is CCCCCNC(=O)CN1CCc2sccc2[C@H]1c1cccs1. The van der Waals surface area contributed by atoms with Crippen LogP contribution in [0.15, 0.2) is 29.0 Å². The Balaban J connectivity index is 1.67. The number of thiophene rings is 2. The zero-order valence-electron chi connectivity index (χ0n) is 13.6. The van der Waals surface area contributed by atoms with Crippen molar-refractivity contribution in [1.29, 1.82) is 0 Å². The molecule has 124 valence electrons. The molecule has 0 aliphatic carbocycles. The second-order valence-electron chi connectivity index (χ2n) is 5.99. The lowest BCUT2D eigenvalue weighted by Gasteiger charge is -2.34. The van der Waals surface area contributed by atoms with E-state index in [0.717, 1.165) is 25.9 Å². The average Bonchev–Trinajstić information content (AvgIpc) is 3.22. The molecule has 2 aromatic heterocycles. The van der Waals surface area contributed by atoms with Crippen LogP contribution in [0.3, 0.4) is 0 Å². The average molecular weight is 349 g/mol. The molecule has 1 aliphatic heterocycles. The fourth-order valence-corrected chi connectivity index (χ4v) is 4.94. The standard InChI is InChI=1S/C18H24N2OS2/c1-2-3-4-9-19-17(21)13-20-10-7-15-14(8-12-23-15)18(20)16-6-5-11-22-16/h5-6,8,11-12,18H,2-4,7,9-10,13H2,1H3,(H,19,21)/t18-/m0/s1. The van der Waals surface area contributed by atoms with E-state index in [1.54, 1.807) is 11.3 Å². The quantitative estimate of drug-likeness (QED) is 0.765. The Morgan fingerprint density at radius 3 is 3.00 bits per heavy atom. The zero-order valence-corrected chi connectivity index (χ0v) is 15.2. The summed E-state index contributed by atoms with van der Waals surface area (Å²) in [6, 6.07) is 6.76. The molecule has 0 saturated carbocycles. The molecule has 0 radical (unpaired) electrons. The Kier molecular flexibility index (Phi) is 5.86. The summed E-state index contributed by atoms with van der Waals surface area (Å²) in [5.74, 6) is 0.154. The number of carbonyl (C=O) groups is 1. The molecular weight excluding hydrogens is 324 g/mol. The highest BCUT2D eigenvalue weighted by molar-refractivity contribution is 7.10. The first-order valence-corrected chi connectivity index (χ1v) is 10.2. The fraction of sp³-hybridized carbons (Fsp3) is 0.500. The van der Waals surface area contributed by atoms with Crippen molar-refractivity contribution in [3.8, 4) is 0 Å². The molecule has 1 atom stereocenters. The molecule has 23 heavy (non-hydrogen) atoms. The first-order chi connectivity index (χ1) is 11.3. The molecule has 3 nitrogen and oxygen atoms in total. The third-order valence-corrected chi connectivity index (χ3v) is 6.25. The lowest BCUT2D eigenvalue weighted by Crippen LogP contribution is -2.42. The summed E-state index contributed by atoms with van der Waals surface area (Å²) in [6.07, 6.45) is 4.49. The molecular formula is C18H24N2OS2. The number of nitrogens with one attached hydrogen (secondary N) is 1. The Morgan fingerprint density at radius 1 is 1.30 bits per heavy atom. The molecule has 5 heteroatoms. The lowest BCUT2D eigenvalue weighted by atomic mass is 9.98. The topological polar surface area (TPSA) is 32.3 Å². The molecule has 3 rings (SSSR count). The third kappa shape index (κ3) is 4.03. The summed E-state index contributed by atoms with van der Waals surface area (Å²) in [6.45, 7) is 4.43. The van der Waals surface area contributed by atoms with Gasteiger partial charge in [0.25, 0.3) is 0 Å². The molecule has 3 heterocycles. The van der Waals surface area contributed by atoms with Gasteiger partial charge < -0.3 is 5.32 Å². The predicted octanol–water partition coefficient (Wildman–Crippen LogP) is 4.06. The van der Waals surface area contributed by atoms with Crippen molar-refractivity contribution in [3.63, 3.8) is 0 Å². The summed E-state index contributed by atoms with van der Waals surface area (Å²) < 4.78 is 0. The first-order valence-electron chi connectivity index (χ1n) is 8.40. The Labute approximate surface area is 146 Å². The summed E-state index contributed by atoms with van der Waals surface area (Å²) in [5.41, 5.74) is 1.39. The van der Waals surface area contributed by atoms with Gasteiger partial charge in [-0.1, -0.05) is 25.8 Å². The molecule has 0 saturated heterocycles. The maximum absolute atomic E-state index is 12.3. The van der Waals surface area contributed by atoms with Gasteiger partial charge in [-0.05, 0) is 41.3 Å². The van der Waals surface area contributed by atoms with Crippen LogP contribution >= 0.6 is 22.7 Å². The molecule has 0 spiro atoms. The van der Waals surface area contributed by atoms with Gasteiger partial charge in [-0.2, -0.15) is 0 Å². The van der Waals surface area contributed by atoms with Crippen molar-refractivity contribution >= 4 is 28.6 Å². The highest BCUT2D eigenvalue weighted by atomic mass is 32.1. The van der Waals surface area contributed by atoms with Crippen molar-refractivity contribution < 1.29 is 4.79 Å². The molecule has 0 bridgehead atoms. The van der Waals surface area contributed by atoms with Gasteiger partial charge in [-0.25, -0.2) is 0 Å². The van der Waals surface area contributed by atoms with Gasteiger partial charge in [-0.3, -0.25) is 9.69 Å². The van der Waals surface area contributed by atoms with E-state index >= 15 is 0 Å². The number of rotatable bonds is 7. The van der Waals surface area contributed by atoms with E-state index in [9.17, 15) is 4.79 Å². The van der Waals surface area contributed by atoms with Crippen LogP contribution in [0.2, 0.25) is 0 Å². The van der Waals surface area contributed by atoms with Crippen LogP contribution in [0.25, 0.3) is 0 Å². The number of fused-ring (bicyclic) bond motifs is 1. The van der Waals surface area contributed by atoms with Gasteiger partial charge in [0.2, 0.25) is 5.91 Å². The number of unbranched alkanes of at least 4 members (excludes halogenated alkanes) is 2. The summed E-state index contributed by atoms with van der Waals surface area (Å²) in [7, 11) is 0. The minimum Gasteiger partial charge on any atom is -0.355 e. The highest BCUT2D eigenvalue weighted by Gasteiger charge is 2.31. The van der Waals surface area contributed by atoms with Crippen LogP contribution in [-0.4, -0.2) is 30.4 Å². The largest absolute Gasteiger partial charge is 0.355 e. The van der Waals surface area contributed by atoms with Gasteiger partial charge >= 0.3 is 0 Å². The third-order valence-electron chi connectivity index (χ3n) is 4.33. The zero-order chi connectivity index (χ0) is 16.1. The number of nitrogens with zero attached hydrogens (tertiary/aromatic N) is 1. The number of hydrogen-bond donors (Lipinski definition) is 1. The van der Waals surface area contributed by atoms with E-state index < -0.39 is 0 Å². The summed E-state index contributed by atoms with van der Waals surface area (Å²) in [5, 5.41) is 7.38. The Bertz CT molecular complexity index is 621. The molecule has 1 N–H and O–H groups in total. The van der Waals surface area contributed by atoms with Gasteiger partial charge in [-0.15, -0.1) is 22.7 Å². The molecule has 2 aromatic rings. The smallest absolute Gasteiger partial charge is 0.234 e. The molecule has 0 unspecified atom stereocenters. The van der Waals surface area contributed by atoms with Crippen LogP contribution in [0.5, 0.6) is 0 Å². The summed E-state index contributed by atoms with van der Waals surface area (Å²) in [4.78, 5) is 17.4. The van der Waals surface area contributed by atoms with Gasteiger partial charge in [0.15, 0.2) is 0 Å². The number of carbonyl (C=O) groups excluding carboxylic acids is 1. The minimum atomic E-state index is 0.154. The van der Waals surface area contributed by atoms with Crippen molar-refractivity contribution in [1.82, 2.24) is 10.2 Å². The minimum absolute atomic E-state index is 0.154. The van der Waals surface area contributed by atoms with E-state index in [1.165, 1.54) is 28.2 Å². The van der Waals surface area contributed by atoms with Gasteiger partial charge in [0, 0.05) is 22.8 Å². The van der Waals surface area contributed by atoms with Crippen molar-refractivity contribution in [2.24, 2.45) is 0 Å². The van der Waals surface area contributed by atoms with Crippen LogP contribution < -0.4 is 5.32 Å². The van der Waals surface area contributed by atoms with Crippen LogP contribution in [0.1, 0.15) is 47.5 Å². The lowest BCUT2D eigenvalue weighted by molar-refractivity contribution is -0.122. The van der Waals surface area contributed by atoms with Crippen molar-refractivity contribution in [3.05, 3.63) is 44.3 Å². The molecule has 0 fully saturated rings. The second-order valence-corrected chi connectivity index (χ2v) is 7.97. The normalized spacial score (nSPS) is 17.9. The first kappa shape index (κ1) is 16.7. The van der Waals surface area contributed by atoms with E-state index in [2.05, 4.69) is 46.1 Å². The van der Waals surface area contributed by atoms with E-state index in [4.69, 9.17) is 0 Å². The van der Waals surface area contributed by atoms with Crippen LogP contribution in [0, 0.1) is 0 Å². The summed E-state index contributed by atoms with van der Waals surface area (Å²) >= 11 is 3.63. The highest BCUT2D eigenvalue weighted by Crippen LogP contribution is 2.39. The maximum atomic E-state index is 12.3. The van der Waals surface area contributed by atoms with Gasteiger partial charge in [0.05, 0.1) is 12.6 Å². The maximum Gasteiger partial charge on any atom is 0.234 e. The monoisotopic (exact) mass is 348 g/mol. The van der Waals surface area contributed by atoms with E-state index in [0.29, 0.717) is 6.54 Å². The van der Waals surface area contributed by atoms with Crippen molar-refractivity contribution in [2.45, 2.75) is 38.6 Å². The number of amides is 1. The number of hydrogen-bond acceptors (Lipinski definition) is 4. The van der Waals surface area contributed by atoms with Gasteiger partial charge in [0.1, 0.15) is 0 Å². The molecule has 1 aliphatic rings. The second kappa shape index (κ2) is 8.08. The Morgan fingerprint density at radius 2 is 2.22 bits per heavy atom. The molecule has 1 amide bonds. The molecule has 0 aromatic carbocycles. The predicted molar refractivity (Wildman–Crippen MR) is 98.3 cm³/mol. The fourth-order valence-electron chi connectivity index (χ4n) is 3.16. The van der Waals surface area contributed by atoms with Crippen molar-refractivity contribution in [2.75, 3.05) is 19.6 Å². The Hall–Kier alpha value is -1.17. The van der Waals surface area contributed by atoms with Crippen LogP contribution in [-0.2, 0) is 11.2 Å². The van der Waals surface area contributed by atoms with E-state index in [1.807, 2.05) is 11.3 Å². The van der Waals surface area contributed by atoms with E-state index in [-0.39, 0.29) is 11.9 Å².